The number of piperidine rings is 1. The first-order valence-electron chi connectivity index (χ1n) is 8.96. The molecule has 0 aliphatic carbocycles. The summed E-state index contributed by atoms with van der Waals surface area (Å²) < 4.78 is 5.99. The average Bonchev–Trinajstić information content (AvgIpc) is 3.26. The Morgan fingerprint density at radius 1 is 1.38 bits per heavy atom. The Hall–Kier alpha value is -1.50. The Morgan fingerprint density at radius 2 is 2.33 bits per heavy atom. The van der Waals surface area contributed by atoms with Gasteiger partial charge < -0.3 is 4.74 Å². The summed E-state index contributed by atoms with van der Waals surface area (Å²) in [6, 6.07) is 4.12. The molecule has 3 atom stereocenters. The molecule has 24 heavy (non-hydrogen) atoms. The van der Waals surface area contributed by atoms with Gasteiger partial charge in [-0.25, -0.2) is 5.06 Å². The Bertz CT molecular complexity index is 562. The van der Waals surface area contributed by atoms with Gasteiger partial charge in [0.05, 0.1) is 32.3 Å². The molecule has 6 nitrogen and oxygen atoms in total. The summed E-state index contributed by atoms with van der Waals surface area (Å²) in [5, 5.41) is 1.52. The van der Waals surface area contributed by atoms with Crippen molar-refractivity contribution in [3.63, 3.8) is 0 Å². The first-order chi connectivity index (χ1) is 11.8. The summed E-state index contributed by atoms with van der Waals surface area (Å²) in [6.07, 6.45) is 6.31. The van der Waals surface area contributed by atoms with E-state index in [1.165, 1.54) is 10.6 Å². The number of ether oxygens (including phenoxy) is 1. The fraction of sp³-hybridized carbons (Fsp3) is 0.667. The Labute approximate surface area is 142 Å². The average molecular weight is 331 g/mol. The molecule has 3 saturated heterocycles. The normalized spacial score (nSPS) is 30.5. The highest BCUT2D eigenvalue weighted by Gasteiger charge is 2.42. The number of likely N-dealkylation sites (tertiary alicyclic amines) is 1. The number of rotatable bonds is 4. The monoisotopic (exact) mass is 331 g/mol. The van der Waals surface area contributed by atoms with Crippen molar-refractivity contribution in [2.45, 2.75) is 31.9 Å². The highest BCUT2D eigenvalue weighted by molar-refractivity contribution is 5.75. The van der Waals surface area contributed by atoms with E-state index in [2.05, 4.69) is 16.0 Å². The van der Waals surface area contributed by atoms with Gasteiger partial charge in [0.1, 0.15) is 0 Å². The van der Waals surface area contributed by atoms with Gasteiger partial charge in [0.15, 0.2) is 0 Å². The van der Waals surface area contributed by atoms with Crippen LogP contribution in [0.15, 0.2) is 24.5 Å². The summed E-state index contributed by atoms with van der Waals surface area (Å²) in [7, 11) is 0. The van der Waals surface area contributed by atoms with Gasteiger partial charge in [0.25, 0.3) is 0 Å². The van der Waals surface area contributed by atoms with E-state index < -0.39 is 0 Å². The molecule has 0 radical (unpaired) electrons. The van der Waals surface area contributed by atoms with Crippen LogP contribution in [-0.4, -0.2) is 59.8 Å². The topological polar surface area (TPSA) is 54.9 Å². The van der Waals surface area contributed by atoms with Crippen LogP contribution in [0.25, 0.3) is 0 Å². The first kappa shape index (κ1) is 16.0. The van der Waals surface area contributed by atoms with Crippen LogP contribution < -0.4 is 0 Å². The minimum Gasteiger partial charge on any atom is -0.377 e. The van der Waals surface area contributed by atoms with E-state index in [0.717, 1.165) is 45.6 Å². The molecule has 1 amide bonds. The van der Waals surface area contributed by atoms with Crippen LogP contribution in [0.3, 0.4) is 0 Å². The van der Waals surface area contributed by atoms with Crippen molar-refractivity contribution in [3.05, 3.63) is 30.1 Å². The number of fused-ring (bicyclic) bond motifs is 1. The lowest BCUT2D eigenvalue weighted by atomic mass is 9.83. The molecular weight excluding hydrogens is 306 g/mol. The minimum atomic E-state index is 0.0623. The van der Waals surface area contributed by atoms with Gasteiger partial charge in [-0.2, -0.15) is 0 Å². The third-order valence-electron chi connectivity index (χ3n) is 5.41. The zero-order valence-corrected chi connectivity index (χ0v) is 14.0. The maximum atomic E-state index is 12.3. The molecule has 0 aromatic carbocycles. The van der Waals surface area contributed by atoms with Crippen molar-refractivity contribution < 1.29 is 14.4 Å². The quantitative estimate of drug-likeness (QED) is 0.836. The van der Waals surface area contributed by atoms with Crippen LogP contribution in [0.4, 0.5) is 0 Å². The van der Waals surface area contributed by atoms with Gasteiger partial charge in [0, 0.05) is 31.4 Å². The van der Waals surface area contributed by atoms with Gasteiger partial charge >= 0.3 is 0 Å². The number of hydrogen-bond acceptors (Lipinski definition) is 5. The maximum absolute atomic E-state index is 12.3. The molecule has 0 spiro atoms. The Morgan fingerprint density at radius 3 is 3.12 bits per heavy atom. The molecule has 0 N–H and O–H groups in total. The predicted molar refractivity (Wildman–Crippen MR) is 87.8 cm³/mol. The molecule has 0 bridgehead atoms. The lowest BCUT2D eigenvalue weighted by Gasteiger charge is -2.35. The highest BCUT2D eigenvalue weighted by Crippen LogP contribution is 2.36. The van der Waals surface area contributed by atoms with Crippen LogP contribution in [0.2, 0.25) is 0 Å². The lowest BCUT2D eigenvalue weighted by Crippen LogP contribution is -2.42. The number of amides is 1. The van der Waals surface area contributed by atoms with Crippen LogP contribution >= 0.6 is 0 Å². The molecule has 3 fully saturated rings. The zero-order valence-electron chi connectivity index (χ0n) is 14.0. The van der Waals surface area contributed by atoms with Gasteiger partial charge in [-0.15, -0.1) is 0 Å². The van der Waals surface area contributed by atoms with Gasteiger partial charge in [0.2, 0.25) is 5.91 Å². The van der Waals surface area contributed by atoms with Crippen molar-refractivity contribution in [1.82, 2.24) is 14.9 Å². The van der Waals surface area contributed by atoms with Crippen LogP contribution in [-0.2, 0) is 20.9 Å². The van der Waals surface area contributed by atoms with Crippen LogP contribution in [0.1, 0.15) is 24.8 Å². The van der Waals surface area contributed by atoms with Crippen molar-refractivity contribution in [2.24, 2.45) is 11.8 Å². The van der Waals surface area contributed by atoms with E-state index >= 15 is 0 Å². The second-order valence-corrected chi connectivity index (χ2v) is 7.07. The molecule has 0 unspecified atom stereocenters. The summed E-state index contributed by atoms with van der Waals surface area (Å²) in [5.41, 5.74) is 1.26. The van der Waals surface area contributed by atoms with E-state index in [1.54, 1.807) is 0 Å². The zero-order chi connectivity index (χ0) is 16.4. The lowest BCUT2D eigenvalue weighted by molar-refractivity contribution is -0.171. The van der Waals surface area contributed by atoms with Gasteiger partial charge in [-0.3, -0.25) is 19.5 Å². The molecular formula is C18H25N3O3. The van der Waals surface area contributed by atoms with E-state index in [-0.39, 0.29) is 12.0 Å². The van der Waals surface area contributed by atoms with Crippen LogP contribution in [0.5, 0.6) is 0 Å². The summed E-state index contributed by atoms with van der Waals surface area (Å²) in [5.74, 6) is 1.12. The summed E-state index contributed by atoms with van der Waals surface area (Å²) >= 11 is 0. The molecule has 0 saturated carbocycles. The largest absolute Gasteiger partial charge is 0.377 e. The first-order valence-corrected chi connectivity index (χ1v) is 8.96. The summed E-state index contributed by atoms with van der Waals surface area (Å²) in [6.45, 7) is 5.20. The highest BCUT2D eigenvalue weighted by atomic mass is 16.7. The molecule has 4 rings (SSSR count). The van der Waals surface area contributed by atoms with E-state index in [1.807, 2.05) is 18.5 Å². The molecule has 3 aliphatic heterocycles. The van der Waals surface area contributed by atoms with Crippen molar-refractivity contribution in [2.75, 3.05) is 32.8 Å². The summed E-state index contributed by atoms with van der Waals surface area (Å²) in [4.78, 5) is 24.3. The number of carbonyl (C=O) groups excluding carboxylic acids is 1. The van der Waals surface area contributed by atoms with Crippen LogP contribution in [0, 0.1) is 11.8 Å². The van der Waals surface area contributed by atoms with E-state index in [0.29, 0.717) is 24.9 Å². The fourth-order valence-electron chi connectivity index (χ4n) is 4.18. The number of aromatic nitrogens is 1. The van der Waals surface area contributed by atoms with Gasteiger partial charge in [-0.05, 0) is 36.9 Å². The molecule has 3 aliphatic rings. The predicted octanol–water partition coefficient (Wildman–Crippen LogP) is 1.47. The molecule has 1 aromatic rings. The second-order valence-electron chi connectivity index (χ2n) is 7.07. The standard InChI is InChI=1S/C18H25N3O3/c22-18(21-6-2-8-24-21)9-17-16-4-7-20(12-15(16)13-23-17)11-14-3-1-5-19-10-14/h1,3,5,10,15-17H,2,4,6-9,11-13H2/t15-,16-,17-/m0/s1. The van der Waals surface area contributed by atoms with Gasteiger partial charge in [-0.1, -0.05) is 6.07 Å². The third kappa shape index (κ3) is 3.45. The Kier molecular flexibility index (Phi) is 4.78. The molecule has 130 valence electrons. The number of pyridine rings is 1. The molecule has 6 heteroatoms. The number of hydrogen-bond donors (Lipinski definition) is 0. The van der Waals surface area contributed by atoms with E-state index in [9.17, 15) is 4.79 Å². The number of hydroxylamine groups is 2. The molecule has 4 heterocycles. The smallest absolute Gasteiger partial charge is 0.248 e. The van der Waals surface area contributed by atoms with Crippen molar-refractivity contribution in [3.8, 4) is 0 Å². The van der Waals surface area contributed by atoms with Crippen molar-refractivity contribution >= 4 is 5.91 Å². The second kappa shape index (κ2) is 7.17. The SMILES string of the molecule is O=C(C[C@@H]1OC[C@@H]2CN(Cc3cccnc3)CC[C@@H]21)N1CCCO1. The molecule has 1 aromatic heterocycles. The Balaban J connectivity index is 1.30. The number of carbonyl (C=O) groups is 1. The van der Waals surface area contributed by atoms with E-state index in [4.69, 9.17) is 9.57 Å². The fourth-order valence-corrected chi connectivity index (χ4v) is 4.18. The minimum absolute atomic E-state index is 0.0623. The third-order valence-corrected chi connectivity index (χ3v) is 5.41. The maximum Gasteiger partial charge on any atom is 0.248 e. The van der Waals surface area contributed by atoms with Crippen molar-refractivity contribution in [1.29, 1.82) is 0 Å². The number of nitrogens with zero attached hydrogens (tertiary/aromatic N) is 3.